The van der Waals surface area contributed by atoms with E-state index in [-0.39, 0.29) is 11.8 Å². The van der Waals surface area contributed by atoms with Crippen molar-refractivity contribution in [3.63, 3.8) is 0 Å². The first kappa shape index (κ1) is 14.3. The van der Waals surface area contributed by atoms with E-state index < -0.39 is 10.0 Å². The summed E-state index contributed by atoms with van der Waals surface area (Å²) in [6.07, 6.45) is 1.80. The first-order valence-electron chi connectivity index (χ1n) is 4.77. The maximum Gasteiger partial charge on any atom is 0.221 e. The van der Waals surface area contributed by atoms with Gasteiger partial charge in [0.2, 0.25) is 15.9 Å². The van der Waals surface area contributed by atoms with Crippen LogP contribution in [-0.4, -0.2) is 40.2 Å². The van der Waals surface area contributed by atoms with Gasteiger partial charge in [-0.15, -0.1) is 0 Å². The van der Waals surface area contributed by atoms with Crippen molar-refractivity contribution in [3.8, 4) is 0 Å². The lowest BCUT2D eigenvalue weighted by atomic mass is 10.2. The van der Waals surface area contributed by atoms with Gasteiger partial charge in [-0.05, 0) is 13.0 Å². The Morgan fingerprint density at radius 3 is 2.47 bits per heavy atom. The second-order valence-electron chi connectivity index (χ2n) is 3.53. The number of nitrogens with two attached hydrogens (primary N) is 1. The predicted octanol–water partition coefficient (Wildman–Crippen LogP) is -1.36. The first-order valence-corrected chi connectivity index (χ1v) is 6.66. The number of primary amides is 1. The maximum absolute atomic E-state index is 10.7. The molecule has 6 nitrogen and oxygen atoms in total. The molecule has 0 bridgehead atoms. The molecule has 1 unspecified atom stereocenters. The van der Waals surface area contributed by atoms with Gasteiger partial charge in [0.05, 0.1) is 6.26 Å². The minimum Gasteiger partial charge on any atom is -0.369 e. The third kappa shape index (κ3) is 9.64. The Morgan fingerprint density at radius 2 is 2.00 bits per heavy atom. The van der Waals surface area contributed by atoms with Gasteiger partial charge in [-0.25, -0.2) is 13.1 Å². The minimum absolute atomic E-state index is 0.201. The molecule has 1 amide bonds. The molecule has 0 aromatic carbocycles. The van der Waals surface area contributed by atoms with Crippen molar-refractivity contribution < 1.29 is 13.2 Å². The fourth-order valence-corrected chi connectivity index (χ4v) is 1.41. The van der Waals surface area contributed by atoms with E-state index in [0.29, 0.717) is 26.1 Å². The summed E-state index contributed by atoms with van der Waals surface area (Å²) in [4.78, 5) is 10.6. The average molecular weight is 237 g/mol. The Morgan fingerprint density at radius 1 is 1.40 bits per heavy atom. The monoisotopic (exact) mass is 237 g/mol. The topological polar surface area (TPSA) is 101 Å². The van der Waals surface area contributed by atoms with Crippen LogP contribution in [0, 0.1) is 5.92 Å². The molecule has 7 heteroatoms. The van der Waals surface area contributed by atoms with E-state index in [0.717, 1.165) is 6.26 Å². The zero-order valence-electron chi connectivity index (χ0n) is 9.12. The summed E-state index contributed by atoms with van der Waals surface area (Å²) in [6, 6.07) is 0. The highest BCUT2D eigenvalue weighted by atomic mass is 32.2. The largest absolute Gasteiger partial charge is 0.369 e. The molecule has 1 atom stereocenters. The number of rotatable bonds is 8. The number of carbonyl (C=O) groups excluding carboxylic acids is 1. The van der Waals surface area contributed by atoms with Gasteiger partial charge in [0, 0.05) is 19.0 Å². The zero-order chi connectivity index (χ0) is 11.9. The van der Waals surface area contributed by atoms with E-state index >= 15 is 0 Å². The molecule has 0 aromatic rings. The van der Waals surface area contributed by atoms with Gasteiger partial charge in [0.25, 0.3) is 0 Å². The Labute approximate surface area is 90.7 Å². The van der Waals surface area contributed by atoms with Gasteiger partial charge >= 0.3 is 0 Å². The van der Waals surface area contributed by atoms with Crippen LogP contribution in [0.5, 0.6) is 0 Å². The van der Waals surface area contributed by atoms with Gasteiger partial charge in [0.15, 0.2) is 0 Å². The van der Waals surface area contributed by atoms with Crippen molar-refractivity contribution in [2.75, 3.05) is 25.9 Å². The Balaban J connectivity index is 3.37. The summed E-state index contributed by atoms with van der Waals surface area (Å²) < 4.78 is 23.7. The summed E-state index contributed by atoms with van der Waals surface area (Å²) in [7, 11) is -3.09. The Bertz CT molecular complexity index is 290. The molecule has 0 saturated heterocycles. The van der Waals surface area contributed by atoms with Crippen LogP contribution in [0.15, 0.2) is 0 Å². The second kappa shape index (κ2) is 6.76. The summed E-state index contributed by atoms with van der Waals surface area (Å²) in [6.45, 7) is 3.31. The van der Waals surface area contributed by atoms with Gasteiger partial charge in [0.1, 0.15) is 0 Å². The van der Waals surface area contributed by atoms with Crippen LogP contribution >= 0.6 is 0 Å². The molecule has 0 rings (SSSR count). The molecule has 0 fully saturated rings. The molecule has 0 aliphatic heterocycles. The van der Waals surface area contributed by atoms with Gasteiger partial charge < -0.3 is 11.1 Å². The molecular formula is C8H19N3O3S. The standard InChI is InChI=1S/C8H19N3O3S/c1-7(8(9)12)6-10-4-3-5-11-15(2,13)14/h7,10-11H,3-6H2,1-2H3,(H2,9,12). The van der Waals surface area contributed by atoms with Crippen molar-refractivity contribution in [2.24, 2.45) is 11.7 Å². The quantitative estimate of drug-likeness (QED) is 0.454. The van der Waals surface area contributed by atoms with Crippen LogP contribution in [0.1, 0.15) is 13.3 Å². The van der Waals surface area contributed by atoms with Crippen LogP contribution < -0.4 is 15.8 Å². The highest BCUT2D eigenvalue weighted by Gasteiger charge is 2.06. The van der Waals surface area contributed by atoms with Crippen LogP contribution in [0.4, 0.5) is 0 Å². The van der Waals surface area contributed by atoms with Crippen LogP contribution in [0.25, 0.3) is 0 Å². The van der Waals surface area contributed by atoms with Crippen molar-refractivity contribution in [2.45, 2.75) is 13.3 Å². The molecule has 0 radical (unpaired) electrons. The number of sulfonamides is 1. The zero-order valence-corrected chi connectivity index (χ0v) is 9.93. The predicted molar refractivity (Wildman–Crippen MR) is 58.7 cm³/mol. The third-order valence-corrected chi connectivity index (χ3v) is 2.56. The fraction of sp³-hybridized carbons (Fsp3) is 0.875. The lowest BCUT2D eigenvalue weighted by Crippen LogP contribution is -2.32. The molecule has 0 heterocycles. The molecule has 90 valence electrons. The van der Waals surface area contributed by atoms with Crippen LogP contribution in [0.3, 0.4) is 0 Å². The van der Waals surface area contributed by atoms with E-state index in [1.165, 1.54) is 0 Å². The van der Waals surface area contributed by atoms with Crippen molar-refractivity contribution in [1.29, 1.82) is 0 Å². The highest BCUT2D eigenvalue weighted by molar-refractivity contribution is 7.88. The lowest BCUT2D eigenvalue weighted by molar-refractivity contribution is -0.121. The molecule has 0 spiro atoms. The van der Waals surface area contributed by atoms with E-state index in [1.807, 2.05) is 0 Å². The summed E-state index contributed by atoms with van der Waals surface area (Å²) in [5.41, 5.74) is 5.06. The first-order chi connectivity index (χ1) is 6.83. The summed E-state index contributed by atoms with van der Waals surface area (Å²) in [5, 5.41) is 3.02. The van der Waals surface area contributed by atoms with Gasteiger partial charge in [-0.1, -0.05) is 6.92 Å². The fourth-order valence-electron chi connectivity index (χ4n) is 0.890. The smallest absolute Gasteiger partial charge is 0.221 e. The number of amides is 1. The van der Waals surface area contributed by atoms with Crippen molar-refractivity contribution >= 4 is 15.9 Å². The normalized spacial score (nSPS) is 13.7. The molecule has 0 aliphatic carbocycles. The summed E-state index contributed by atoms with van der Waals surface area (Å²) >= 11 is 0. The van der Waals surface area contributed by atoms with Crippen LogP contribution in [0.2, 0.25) is 0 Å². The van der Waals surface area contributed by atoms with Gasteiger partial charge in [-0.3, -0.25) is 4.79 Å². The molecule has 0 aromatic heterocycles. The van der Waals surface area contributed by atoms with E-state index in [9.17, 15) is 13.2 Å². The SMILES string of the molecule is CC(CNCCCNS(C)(=O)=O)C(N)=O. The Hall–Kier alpha value is -0.660. The molecular weight excluding hydrogens is 218 g/mol. The average Bonchev–Trinajstić information content (AvgIpc) is 2.08. The van der Waals surface area contributed by atoms with Gasteiger partial charge in [-0.2, -0.15) is 0 Å². The number of carbonyl (C=O) groups is 1. The summed E-state index contributed by atoms with van der Waals surface area (Å²) in [5.74, 6) is -0.537. The third-order valence-electron chi connectivity index (χ3n) is 1.83. The molecule has 4 N–H and O–H groups in total. The number of hydrogen-bond acceptors (Lipinski definition) is 4. The lowest BCUT2D eigenvalue weighted by Gasteiger charge is -2.08. The minimum atomic E-state index is -3.09. The molecule has 15 heavy (non-hydrogen) atoms. The highest BCUT2D eigenvalue weighted by Crippen LogP contribution is 1.89. The maximum atomic E-state index is 10.7. The van der Waals surface area contributed by atoms with Crippen LogP contribution in [-0.2, 0) is 14.8 Å². The number of nitrogens with one attached hydrogen (secondary N) is 2. The van der Waals surface area contributed by atoms with E-state index in [1.54, 1.807) is 6.92 Å². The van der Waals surface area contributed by atoms with E-state index in [2.05, 4.69) is 10.0 Å². The number of hydrogen-bond donors (Lipinski definition) is 3. The Kier molecular flexibility index (Phi) is 6.46. The van der Waals surface area contributed by atoms with E-state index in [4.69, 9.17) is 5.73 Å². The molecule has 0 aliphatic rings. The molecule has 0 saturated carbocycles. The second-order valence-corrected chi connectivity index (χ2v) is 5.36. The van der Waals surface area contributed by atoms with Crippen molar-refractivity contribution in [3.05, 3.63) is 0 Å². The van der Waals surface area contributed by atoms with Crippen molar-refractivity contribution in [1.82, 2.24) is 10.0 Å².